The van der Waals surface area contributed by atoms with Crippen LogP contribution in [0.5, 0.6) is 5.75 Å². The van der Waals surface area contributed by atoms with Crippen LogP contribution in [0.3, 0.4) is 0 Å². The van der Waals surface area contributed by atoms with Gasteiger partial charge < -0.3 is 10.1 Å². The smallest absolute Gasteiger partial charge is 0.259 e. The number of carbonyl (C=O) groups excluding carboxylic acids is 1. The summed E-state index contributed by atoms with van der Waals surface area (Å²) in [5.74, 6) is -0.368. The largest absolute Gasteiger partial charge is 0.488 e. The van der Waals surface area contributed by atoms with Crippen molar-refractivity contribution in [3.05, 3.63) is 89.2 Å². The van der Waals surface area contributed by atoms with Crippen molar-refractivity contribution in [2.75, 3.05) is 18.4 Å². The Morgan fingerprint density at radius 3 is 2.44 bits per heavy atom. The molecule has 4 rings (SSSR count). The standard InChI is InChI=1S/C26H27FN2O4S/c1-19-9-14-22(34(31,32)29-15-5-2-6-16-29)17-24(19)28-26(30)23-7-3-4-8-25(23)33-18-20-10-12-21(27)13-11-20/h3-4,7-14,17H,2,5-6,15-16,18H2,1H3,(H,28,30). The molecule has 1 heterocycles. The molecule has 0 atom stereocenters. The van der Waals surface area contributed by atoms with Crippen LogP contribution in [0.15, 0.2) is 71.6 Å². The lowest BCUT2D eigenvalue weighted by molar-refractivity contribution is 0.102. The summed E-state index contributed by atoms with van der Waals surface area (Å²) in [5.41, 5.74) is 2.25. The Morgan fingerprint density at radius 1 is 1.00 bits per heavy atom. The Morgan fingerprint density at radius 2 is 1.71 bits per heavy atom. The minimum Gasteiger partial charge on any atom is -0.488 e. The number of carbonyl (C=O) groups is 1. The van der Waals surface area contributed by atoms with Gasteiger partial charge in [0.1, 0.15) is 18.2 Å². The van der Waals surface area contributed by atoms with Crippen molar-refractivity contribution in [3.8, 4) is 5.75 Å². The molecule has 1 aliphatic rings. The predicted octanol–water partition coefficient (Wildman–Crippen LogP) is 5.14. The maximum Gasteiger partial charge on any atom is 0.259 e. The van der Waals surface area contributed by atoms with Gasteiger partial charge in [-0.2, -0.15) is 4.31 Å². The van der Waals surface area contributed by atoms with E-state index in [1.807, 2.05) is 6.92 Å². The summed E-state index contributed by atoms with van der Waals surface area (Å²) in [4.78, 5) is 13.3. The summed E-state index contributed by atoms with van der Waals surface area (Å²) in [6, 6.07) is 17.5. The molecule has 3 aromatic rings. The second kappa shape index (κ2) is 10.4. The van der Waals surface area contributed by atoms with E-state index >= 15 is 0 Å². The van der Waals surface area contributed by atoms with Crippen LogP contribution in [0.1, 0.15) is 40.7 Å². The molecule has 0 aromatic heterocycles. The van der Waals surface area contributed by atoms with Crippen molar-refractivity contribution in [2.45, 2.75) is 37.7 Å². The molecule has 1 amide bonds. The number of nitrogens with zero attached hydrogens (tertiary/aromatic N) is 1. The van der Waals surface area contributed by atoms with E-state index in [4.69, 9.17) is 4.74 Å². The molecule has 0 spiro atoms. The van der Waals surface area contributed by atoms with Gasteiger partial charge in [0, 0.05) is 18.8 Å². The summed E-state index contributed by atoms with van der Waals surface area (Å²) in [6.07, 6.45) is 2.73. The summed E-state index contributed by atoms with van der Waals surface area (Å²) < 4.78 is 46.6. The molecule has 34 heavy (non-hydrogen) atoms. The number of nitrogens with one attached hydrogen (secondary N) is 1. The van der Waals surface area contributed by atoms with Crippen molar-refractivity contribution < 1.29 is 22.3 Å². The maximum absolute atomic E-state index is 13.1. The number of hydrogen-bond donors (Lipinski definition) is 1. The van der Waals surface area contributed by atoms with Crippen molar-refractivity contribution in [3.63, 3.8) is 0 Å². The molecular formula is C26H27FN2O4S. The van der Waals surface area contributed by atoms with Gasteiger partial charge in [0.2, 0.25) is 10.0 Å². The normalized spacial score (nSPS) is 14.5. The summed E-state index contributed by atoms with van der Waals surface area (Å²) in [7, 11) is -3.62. The van der Waals surface area contributed by atoms with Crippen molar-refractivity contribution in [1.29, 1.82) is 0 Å². The van der Waals surface area contributed by atoms with Crippen LogP contribution in [0.2, 0.25) is 0 Å². The summed E-state index contributed by atoms with van der Waals surface area (Å²) in [6.45, 7) is 3.00. The molecule has 6 nitrogen and oxygen atoms in total. The molecule has 1 N–H and O–H groups in total. The first-order valence-corrected chi connectivity index (χ1v) is 12.7. The van der Waals surface area contributed by atoms with E-state index in [0.717, 1.165) is 30.4 Å². The number of rotatable bonds is 7. The number of para-hydroxylation sites is 1. The molecule has 0 radical (unpaired) electrons. The third kappa shape index (κ3) is 5.46. The van der Waals surface area contributed by atoms with Crippen molar-refractivity contribution >= 4 is 21.6 Å². The molecular weight excluding hydrogens is 455 g/mol. The van der Waals surface area contributed by atoms with Crippen LogP contribution in [0.4, 0.5) is 10.1 Å². The van der Waals surface area contributed by atoms with Gasteiger partial charge in [0.05, 0.1) is 10.5 Å². The van der Waals surface area contributed by atoms with Gasteiger partial charge in [-0.25, -0.2) is 12.8 Å². The van der Waals surface area contributed by atoms with E-state index < -0.39 is 15.9 Å². The average molecular weight is 483 g/mol. The number of sulfonamides is 1. The Balaban J connectivity index is 1.53. The molecule has 1 saturated heterocycles. The molecule has 1 aliphatic heterocycles. The molecule has 0 unspecified atom stereocenters. The topological polar surface area (TPSA) is 75.7 Å². The van der Waals surface area contributed by atoms with Gasteiger partial charge in [0.25, 0.3) is 5.91 Å². The number of halogens is 1. The monoisotopic (exact) mass is 482 g/mol. The maximum atomic E-state index is 13.1. The fourth-order valence-electron chi connectivity index (χ4n) is 3.86. The van der Waals surface area contributed by atoms with Gasteiger partial charge in [-0.05, 0) is 67.3 Å². The van der Waals surface area contributed by atoms with Crippen LogP contribution in [-0.2, 0) is 16.6 Å². The van der Waals surface area contributed by atoms with E-state index in [9.17, 15) is 17.6 Å². The highest BCUT2D eigenvalue weighted by molar-refractivity contribution is 7.89. The Labute approximate surface area is 199 Å². The second-order valence-electron chi connectivity index (χ2n) is 8.31. The Hall–Kier alpha value is -3.23. The number of amides is 1. The summed E-state index contributed by atoms with van der Waals surface area (Å²) >= 11 is 0. The number of piperidine rings is 1. The van der Waals surface area contributed by atoms with Crippen LogP contribution in [0, 0.1) is 12.7 Å². The van der Waals surface area contributed by atoms with Crippen LogP contribution < -0.4 is 10.1 Å². The Bertz CT molecular complexity index is 1270. The zero-order valence-corrected chi connectivity index (χ0v) is 19.8. The highest BCUT2D eigenvalue weighted by atomic mass is 32.2. The second-order valence-corrected chi connectivity index (χ2v) is 10.2. The molecule has 178 valence electrons. The average Bonchev–Trinajstić information content (AvgIpc) is 2.85. The van der Waals surface area contributed by atoms with E-state index in [1.165, 1.54) is 22.5 Å². The van der Waals surface area contributed by atoms with E-state index in [-0.39, 0.29) is 17.3 Å². The van der Waals surface area contributed by atoms with E-state index in [2.05, 4.69) is 5.32 Å². The van der Waals surface area contributed by atoms with Crippen molar-refractivity contribution in [2.24, 2.45) is 0 Å². The summed E-state index contributed by atoms with van der Waals surface area (Å²) in [5, 5.41) is 2.84. The number of aryl methyl sites for hydroxylation is 1. The lowest BCUT2D eigenvalue weighted by Crippen LogP contribution is -2.35. The predicted molar refractivity (Wildman–Crippen MR) is 129 cm³/mol. The fraction of sp³-hybridized carbons (Fsp3) is 0.269. The van der Waals surface area contributed by atoms with Gasteiger partial charge >= 0.3 is 0 Å². The molecule has 8 heteroatoms. The number of anilines is 1. The first-order chi connectivity index (χ1) is 16.3. The van der Waals surface area contributed by atoms with Gasteiger partial charge in [0.15, 0.2) is 0 Å². The molecule has 0 saturated carbocycles. The van der Waals surface area contributed by atoms with Crippen LogP contribution in [0.25, 0.3) is 0 Å². The first-order valence-electron chi connectivity index (χ1n) is 11.2. The zero-order chi connectivity index (χ0) is 24.1. The van der Waals surface area contributed by atoms with Crippen LogP contribution in [-0.4, -0.2) is 31.7 Å². The minimum absolute atomic E-state index is 0.163. The molecule has 0 aliphatic carbocycles. The third-order valence-corrected chi connectivity index (χ3v) is 7.74. The molecule has 1 fully saturated rings. The van der Waals surface area contributed by atoms with Crippen LogP contribution >= 0.6 is 0 Å². The Kier molecular flexibility index (Phi) is 7.29. The van der Waals surface area contributed by atoms with E-state index in [1.54, 1.807) is 48.5 Å². The first kappa shape index (κ1) is 23.9. The van der Waals surface area contributed by atoms with Crippen molar-refractivity contribution in [1.82, 2.24) is 4.31 Å². The van der Waals surface area contributed by atoms with Gasteiger partial charge in [-0.3, -0.25) is 4.79 Å². The van der Waals surface area contributed by atoms with Gasteiger partial charge in [-0.15, -0.1) is 0 Å². The third-order valence-electron chi connectivity index (χ3n) is 5.85. The number of ether oxygens (including phenoxy) is 1. The number of benzene rings is 3. The highest BCUT2D eigenvalue weighted by Gasteiger charge is 2.26. The number of hydrogen-bond acceptors (Lipinski definition) is 4. The highest BCUT2D eigenvalue weighted by Crippen LogP contribution is 2.27. The molecule has 0 bridgehead atoms. The molecule has 3 aromatic carbocycles. The lowest BCUT2D eigenvalue weighted by Gasteiger charge is -2.26. The SMILES string of the molecule is Cc1ccc(S(=O)(=O)N2CCCCC2)cc1NC(=O)c1ccccc1OCc1ccc(F)cc1. The zero-order valence-electron chi connectivity index (χ0n) is 19.0. The fourth-order valence-corrected chi connectivity index (χ4v) is 5.41. The minimum atomic E-state index is -3.62. The van der Waals surface area contributed by atoms with E-state index in [0.29, 0.717) is 30.1 Å². The quantitative estimate of drug-likeness (QED) is 0.506. The van der Waals surface area contributed by atoms with Gasteiger partial charge in [-0.1, -0.05) is 36.8 Å². The lowest BCUT2D eigenvalue weighted by atomic mass is 10.1.